The van der Waals surface area contributed by atoms with E-state index < -0.39 is 0 Å². The van der Waals surface area contributed by atoms with Gasteiger partial charge in [0.05, 0.1) is 6.33 Å². The fourth-order valence-corrected chi connectivity index (χ4v) is 5.17. The number of aromatic nitrogens is 4. The summed E-state index contributed by atoms with van der Waals surface area (Å²) in [6.45, 7) is 12.2. The van der Waals surface area contributed by atoms with Crippen molar-refractivity contribution in [3.63, 3.8) is 0 Å². The van der Waals surface area contributed by atoms with Crippen molar-refractivity contribution in [3.05, 3.63) is 30.8 Å². The zero-order valence-corrected chi connectivity index (χ0v) is 20.2. The molecule has 0 atom stereocenters. The van der Waals surface area contributed by atoms with Gasteiger partial charge in [-0.15, -0.1) is 0 Å². The van der Waals surface area contributed by atoms with Crippen LogP contribution < -0.4 is 10.2 Å². The van der Waals surface area contributed by atoms with Crippen LogP contribution >= 0.6 is 0 Å². The summed E-state index contributed by atoms with van der Waals surface area (Å²) < 4.78 is 2.21. The Bertz CT molecular complexity index is 980. The lowest BCUT2D eigenvalue weighted by Crippen LogP contribution is -2.42. The molecule has 0 radical (unpaired) electrons. The first-order valence-electron chi connectivity index (χ1n) is 12.7. The van der Waals surface area contributed by atoms with Crippen LogP contribution in [-0.4, -0.2) is 80.7 Å². The van der Waals surface area contributed by atoms with Crippen molar-refractivity contribution in [1.29, 1.82) is 0 Å². The Labute approximate surface area is 197 Å². The minimum Gasteiger partial charge on any atom is -0.365 e. The maximum atomic E-state index is 4.97. The third-order valence-electron chi connectivity index (χ3n) is 7.20. The highest BCUT2D eigenvalue weighted by Gasteiger charge is 2.24. The Morgan fingerprint density at radius 3 is 2.58 bits per heavy atom. The quantitative estimate of drug-likeness (QED) is 0.660. The van der Waals surface area contributed by atoms with Gasteiger partial charge >= 0.3 is 0 Å². The monoisotopic (exact) mass is 450 g/mol. The molecule has 0 saturated carbocycles. The number of nitrogens with zero attached hydrogens (tertiary/aromatic N) is 7. The van der Waals surface area contributed by atoms with Crippen molar-refractivity contribution in [3.8, 4) is 0 Å². The predicted molar refractivity (Wildman–Crippen MR) is 135 cm³/mol. The second-order valence-electron chi connectivity index (χ2n) is 9.86. The van der Waals surface area contributed by atoms with Crippen LogP contribution in [0.1, 0.15) is 46.0 Å². The SMILES string of the molecule is CC(C)N1CCC(Nc2nc(N3C=CC=CC3)nc3c2ncn3CCCN2CCCC2)CC1. The van der Waals surface area contributed by atoms with E-state index in [1.807, 2.05) is 12.4 Å². The Balaban J connectivity index is 1.36. The number of imidazole rings is 1. The standard InChI is InChI=1S/C25H38N8/c1-20(2)31-17-9-21(10-18-31)27-23-22-24(29-25(28-23)32-14-4-3-5-15-32)33(19-26-22)16-8-13-30-11-6-7-12-30/h3-5,14,19-21H,6-13,15-18H2,1-2H3,(H,27,28,29). The molecule has 0 amide bonds. The molecule has 0 aromatic carbocycles. The van der Waals surface area contributed by atoms with Gasteiger partial charge in [-0.25, -0.2) is 4.98 Å². The van der Waals surface area contributed by atoms with Crippen molar-refractivity contribution in [2.75, 3.05) is 49.5 Å². The molecule has 0 aliphatic carbocycles. The minimum atomic E-state index is 0.420. The van der Waals surface area contributed by atoms with Gasteiger partial charge in [-0.2, -0.15) is 9.97 Å². The van der Waals surface area contributed by atoms with Gasteiger partial charge in [-0.3, -0.25) is 0 Å². The number of allylic oxidation sites excluding steroid dienone is 2. The van der Waals surface area contributed by atoms with E-state index in [-0.39, 0.29) is 0 Å². The Kier molecular flexibility index (Phi) is 6.92. The summed E-state index contributed by atoms with van der Waals surface area (Å²) in [5.74, 6) is 1.62. The summed E-state index contributed by atoms with van der Waals surface area (Å²) in [6.07, 6.45) is 16.3. The first-order chi connectivity index (χ1) is 16.2. The maximum Gasteiger partial charge on any atom is 0.233 e. The summed E-state index contributed by atoms with van der Waals surface area (Å²) in [7, 11) is 0. The number of aryl methyl sites for hydroxylation is 1. The molecule has 8 heteroatoms. The van der Waals surface area contributed by atoms with E-state index in [1.54, 1.807) is 0 Å². The van der Waals surface area contributed by atoms with Crippen LogP contribution in [-0.2, 0) is 6.54 Å². The van der Waals surface area contributed by atoms with Gasteiger partial charge in [-0.05, 0) is 71.7 Å². The number of hydrogen-bond donors (Lipinski definition) is 1. The van der Waals surface area contributed by atoms with E-state index in [4.69, 9.17) is 15.0 Å². The van der Waals surface area contributed by atoms with Gasteiger partial charge in [-0.1, -0.05) is 12.2 Å². The van der Waals surface area contributed by atoms with E-state index in [2.05, 4.69) is 56.8 Å². The first kappa shape index (κ1) is 22.3. The highest BCUT2D eigenvalue weighted by atomic mass is 15.3. The van der Waals surface area contributed by atoms with Crippen molar-refractivity contribution in [2.24, 2.45) is 0 Å². The van der Waals surface area contributed by atoms with Crippen LogP contribution in [0, 0.1) is 0 Å². The van der Waals surface area contributed by atoms with Gasteiger partial charge in [0, 0.05) is 44.5 Å². The molecule has 1 N–H and O–H groups in total. The molecule has 2 aromatic heterocycles. The molecule has 2 fully saturated rings. The van der Waals surface area contributed by atoms with E-state index in [9.17, 15) is 0 Å². The molecule has 0 bridgehead atoms. The minimum absolute atomic E-state index is 0.420. The van der Waals surface area contributed by atoms with Crippen LogP contribution in [0.3, 0.4) is 0 Å². The van der Waals surface area contributed by atoms with Crippen LogP contribution in [0.15, 0.2) is 30.8 Å². The van der Waals surface area contributed by atoms with Crippen molar-refractivity contribution in [2.45, 2.75) is 64.6 Å². The Morgan fingerprint density at radius 1 is 1.03 bits per heavy atom. The molecule has 178 valence electrons. The van der Waals surface area contributed by atoms with Crippen LogP contribution in [0.25, 0.3) is 11.2 Å². The lowest BCUT2D eigenvalue weighted by Gasteiger charge is -2.35. The lowest BCUT2D eigenvalue weighted by atomic mass is 10.0. The third-order valence-corrected chi connectivity index (χ3v) is 7.20. The summed E-state index contributed by atoms with van der Waals surface area (Å²) in [6, 6.07) is 1.03. The van der Waals surface area contributed by atoms with Gasteiger partial charge in [0.2, 0.25) is 5.95 Å². The number of hydrogen-bond acceptors (Lipinski definition) is 7. The predicted octanol–water partition coefficient (Wildman–Crippen LogP) is 3.49. The Morgan fingerprint density at radius 2 is 1.85 bits per heavy atom. The van der Waals surface area contributed by atoms with E-state index in [0.717, 1.165) is 74.9 Å². The highest BCUT2D eigenvalue weighted by molar-refractivity contribution is 5.84. The zero-order valence-electron chi connectivity index (χ0n) is 20.2. The van der Waals surface area contributed by atoms with Gasteiger partial charge in [0.1, 0.15) is 0 Å². The fraction of sp³-hybridized carbons (Fsp3) is 0.640. The molecule has 2 saturated heterocycles. The average Bonchev–Trinajstić information content (AvgIpc) is 3.50. The lowest BCUT2D eigenvalue weighted by molar-refractivity contribution is 0.177. The molecule has 33 heavy (non-hydrogen) atoms. The number of piperidine rings is 1. The number of fused-ring (bicyclic) bond motifs is 1. The van der Waals surface area contributed by atoms with E-state index in [1.165, 1.54) is 25.9 Å². The molecule has 0 spiro atoms. The molecule has 3 aliphatic rings. The molecular formula is C25H38N8. The second kappa shape index (κ2) is 10.2. The largest absolute Gasteiger partial charge is 0.365 e. The summed E-state index contributed by atoms with van der Waals surface area (Å²) in [5.41, 5.74) is 1.83. The van der Waals surface area contributed by atoms with Gasteiger partial charge in [0.15, 0.2) is 17.0 Å². The molecule has 3 aliphatic heterocycles. The van der Waals surface area contributed by atoms with Gasteiger partial charge in [0.25, 0.3) is 0 Å². The second-order valence-corrected chi connectivity index (χ2v) is 9.86. The molecular weight excluding hydrogens is 412 g/mol. The van der Waals surface area contributed by atoms with Crippen LogP contribution in [0.5, 0.6) is 0 Å². The Hall–Kier alpha value is -2.45. The molecule has 2 aromatic rings. The normalized spacial score (nSPS) is 20.5. The number of rotatable bonds is 8. The number of anilines is 2. The van der Waals surface area contributed by atoms with Crippen molar-refractivity contribution < 1.29 is 0 Å². The maximum absolute atomic E-state index is 4.97. The number of likely N-dealkylation sites (tertiary alicyclic amines) is 2. The van der Waals surface area contributed by atoms with Crippen molar-refractivity contribution in [1.82, 2.24) is 29.3 Å². The van der Waals surface area contributed by atoms with Crippen LogP contribution in [0.2, 0.25) is 0 Å². The average molecular weight is 451 g/mol. The summed E-state index contributed by atoms with van der Waals surface area (Å²) in [5, 5.41) is 3.75. The van der Waals surface area contributed by atoms with E-state index in [0.29, 0.717) is 12.1 Å². The molecule has 5 rings (SSSR count). The summed E-state index contributed by atoms with van der Waals surface area (Å²) in [4.78, 5) is 21.9. The highest BCUT2D eigenvalue weighted by Crippen LogP contribution is 2.26. The zero-order chi connectivity index (χ0) is 22.6. The van der Waals surface area contributed by atoms with E-state index >= 15 is 0 Å². The van der Waals surface area contributed by atoms with Gasteiger partial charge < -0.3 is 24.6 Å². The number of nitrogens with one attached hydrogen (secondary N) is 1. The fourth-order valence-electron chi connectivity index (χ4n) is 5.17. The van der Waals surface area contributed by atoms with Crippen molar-refractivity contribution >= 4 is 22.9 Å². The smallest absolute Gasteiger partial charge is 0.233 e. The topological polar surface area (TPSA) is 65.3 Å². The first-order valence-corrected chi connectivity index (χ1v) is 12.7. The van der Waals surface area contributed by atoms with Crippen LogP contribution in [0.4, 0.5) is 11.8 Å². The molecule has 5 heterocycles. The summed E-state index contributed by atoms with van der Waals surface area (Å²) >= 11 is 0. The third kappa shape index (κ3) is 5.22. The molecule has 0 unspecified atom stereocenters. The molecule has 8 nitrogen and oxygen atoms in total.